The fraction of sp³-hybridized carbons (Fsp3) is 0.538. The first-order valence-electron chi connectivity index (χ1n) is 6.22. The van der Waals surface area contributed by atoms with Crippen molar-refractivity contribution >= 4 is 11.8 Å². The highest BCUT2D eigenvalue weighted by atomic mass is 16.4. The van der Waals surface area contributed by atoms with Gasteiger partial charge in [0.2, 0.25) is 0 Å². The topological polar surface area (TPSA) is 65.5 Å². The molecule has 1 fully saturated rings. The first kappa shape index (κ1) is 12.8. The summed E-state index contributed by atoms with van der Waals surface area (Å²) in [4.78, 5) is 17.5. The van der Waals surface area contributed by atoms with E-state index in [-0.39, 0.29) is 5.56 Å². The van der Waals surface area contributed by atoms with Gasteiger partial charge in [0, 0.05) is 6.04 Å². The molecule has 18 heavy (non-hydrogen) atoms. The Morgan fingerprint density at radius 1 is 1.44 bits per heavy atom. The molecule has 0 aliphatic carbocycles. The molecule has 2 N–H and O–H groups in total. The van der Waals surface area contributed by atoms with Gasteiger partial charge in [-0.15, -0.1) is 0 Å². The standard InChI is InChI=1S/C13H19N3O2/c1-9-11(13(17)18)3-4-12(14-9)15-10-5-7-16(2)8-6-10/h3-4,10H,5-8H2,1-2H3,(H,14,15)(H,17,18). The van der Waals surface area contributed by atoms with E-state index in [9.17, 15) is 4.79 Å². The van der Waals surface area contributed by atoms with Crippen molar-refractivity contribution in [3.63, 3.8) is 0 Å². The van der Waals surface area contributed by atoms with Crippen LogP contribution in [0.2, 0.25) is 0 Å². The third kappa shape index (κ3) is 2.98. The van der Waals surface area contributed by atoms with Crippen LogP contribution in [0.15, 0.2) is 12.1 Å². The lowest BCUT2D eigenvalue weighted by Gasteiger charge is -2.29. The molecule has 0 atom stereocenters. The van der Waals surface area contributed by atoms with Crippen LogP contribution in [0.1, 0.15) is 28.9 Å². The number of nitrogens with zero attached hydrogens (tertiary/aromatic N) is 2. The second-order valence-electron chi connectivity index (χ2n) is 4.86. The van der Waals surface area contributed by atoms with E-state index in [1.54, 1.807) is 19.1 Å². The normalized spacial score (nSPS) is 17.7. The summed E-state index contributed by atoms with van der Waals surface area (Å²) in [7, 11) is 2.13. The predicted molar refractivity (Wildman–Crippen MR) is 70.1 cm³/mol. The minimum absolute atomic E-state index is 0.268. The molecule has 0 aromatic carbocycles. The number of aromatic nitrogens is 1. The summed E-state index contributed by atoms with van der Waals surface area (Å²) in [6.45, 7) is 3.90. The highest BCUT2D eigenvalue weighted by Crippen LogP contribution is 2.16. The SMILES string of the molecule is Cc1nc(NC2CCN(C)CC2)ccc1C(=O)O. The lowest BCUT2D eigenvalue weighted by molar-refractivity contribution is 0.0695. The zero-order valence-electron chi connectivity index (χ0n) is 10.8. The highest BCUT2D eigenvalue weighted by molar-refractivity contribution is 5.89. The van der Waals surface area contributed by atoms with Gasteiger partial charge in [-0.3, -0.25) is 0 Å². The molecule has 0 unspecified atom stereocenters. The number of hydrogen-bond acceptors (Lipinski definition) is 4. The molecular formula is C13H19N3O2. The first-order chi connectivity index (χ1) is 8.56. The summed E-state index contributed by atoms with van der Waals surface area (Å²) >= 11 is 0. The molecule has 5 heteroatoms. The second kappa shape index (κ2) is 5.35. The van der Waals surface area contributed by atoms with Gasteiger partial charge in [-0.1, -0.05) is 0 Å². The van der Waals surface area contributed by atoms with E-state index >= 15 is 0 Å². The van der Waals surface area contributed by atoms with Gasteiger partial charge in [-0.05, 0) is 52.0 Å². The number of nitrogens with one attached hydrogen (secondary N) is 1. The quantitative estimate of drug-likeness (QED) is 0.851. The summed E-state index contributed by atoms with van der Waals surface area (Å²) in [5.74, 6) is -0.155. The summed E-state index contributed by atoms with van der Waals surface area (Å²) in [5, 5.41) is 12.3. The van der Waals surface area contributed by atoms with Gasteiger partial charge in [-0.25, -0.2) is 9.78 Å². The first-order valence-corrected chi connectivity index (χ1v) is 6.22. The van der Waals surface area contributed by atoms with Crippen molar-refractivity contribution in [2.45, 2.75) is 25.8 Å². The average Bonchev–Trinajstić information content (AvgIpc) is 2.32. The van der Waals surface area contributed by atoms with Gasteiger partial charge in [0.1, 0.15) is 5.82 Å². The lowest BCUT2D eigenvalue weighted by atomic mass is 10.1. The average molecular weight is 249 g/mol. The number of aryl methyl sites for hydroxylation is 1. The summed E-state index contributed by atoms with van der Waals surface area (Å²) < 4.78 is 0. The third-order valence-electron chi connectivity index (χ3n) is 3.39. The van der Waals surface area contributed by atoms with Crippen LogP contribution in [-0.4, -0.2) is 47.1 Å². The van der Waals surface area contributed by atoms with E-state index in [4.69, 9.17) is 5.11 Å². The summed E-state index contributed by atoms with van der Waals surface area (Å²) in [5.41, 5.74) is 0.823. The van der Waals surface area contributed by atoms with Gasteiger partial charge in [0.15, 0.2) is 0 Å². The largest absolute Gasteiger partial charge is 0.478 e. The number of rotatable bonds is 3. The van der Waals surface area contributed by atoms with Crippen molar-refractivity contribution in [3.8, 4) is 0 Å². The van der Waals surface area contributed by atoms with Crippen molar-refractivity contribution in [1.29, 1.82) is 0 Å². The van der Waals surface area contributed by atoms with Crippen LogP contribution in [0, 0.1) is 6.92 Å². The minimum Gasteiger partial charge on any atom is -0.478 e. The highest BCUT2D eigenvalue weighted by Gasteiger charge is 2.17. The fourth-order valence-electron chi connectivity index (χ4n) is 2.23. The number of pyridine rings is 1. The van der Waals surface area contributed by atoms with Crippen LogP contribution in [0.4, 0.5) is 5.82 Å². The van der Waals surface area contributed by atoms with Gasteiger partial charge in [0.05, 0.1) is 11.3 Å². The molecule has 0 radical (unpaired) electrons. The van der Waals surface area contributed by atoms with Crippen LogP contribution >= 0.6 is 0 Å². The van der Waals surface area contributed by atoms with Gasteiger partial charge in [0.25, 0.3) is 0 Å². The van der Waals surface area contributed by atoms with Crippen LogP contribution in [-0.2, 0) is 0 Å². The second-order valence-corrected chi connectivity index (χ2v) is 4.86. The summed E-state index contributed by atoms with van der Waals surface area (Å²) in [6, 6.07) is 3.79. The Balaban J connectivity index is 2.02. The molecule has 1 aromatic rings. The molecular weight excluding hydrogens is 230 g/mol. The van der Waals surface area contributed by atoms with Gasteiger partial charge >= 0.3 is 5.97 Å². The number of piperidine rings is 1. The monoisotopic (exact) mass is 249 g/mol. The van der Waals surface area contributed by atoms with Crippen molar-refractivity contribution in [1.82, 2.24) is 9.88 Å². The van der Waals surface area contributed by atoms with Crippen molar-refractivity contribution < 1.29 is 9.90 Å². The van der Waals surface area contributed by atoms with E-state index in [0.29, 0.717) is 11.7 Å². The Morgan fingerprint density at radius 2 is 2.11 bits per heavy atom. The van der Waals surface area contributed by atoms with E-state index in [1.165, 1.54) is 0 Å². The molecule has 1 aliphatic heterocycles. The number of anilines is 1. The molecule has 0 saturated carbocycles. The number of likely N-dealkylation sites (tertiary alicyclic amines) is 1. The third-order valence-corrected chi connectivity index (χ3v) is 3.39. The molecule has 5 nitrogen and oxygen atoms in total. The zero-order valence-corrected chi connectivity index (χ0v) is 10.8. The van der Waals surface area contributed by atoms with E-state index < -0.39 is 5.97 Å². The Kier molecular flexibility index (Phi) is 3.81. The Morgan fingerprint density at radius 3 is 2.67 bits per heavy atom. The van der Waals surface area contributed by atoms with Gasteiger partial charge in [-0.2, -0.15) is 0 Å². The minimum atomic E-state index is -0.925. The number of carboxylic acid groups (broad SMARTS) is 1. The Bertz CT molecular complexity index is 440. The molecule has 98 valence electrons. The fourth-order valence-corrected chi connectivity index (χ4v) is 2.23. The zero-order chi connectivity index (χ0) is 13.1. The number of aromatic carboxylic acids is 1. The molecule has 2 rings (SSSR count). The van der Waals surface area contributed by atoms with Crippen molar-refractivity contribution in [2.75, 3.05) is 25.5 Å². The summed E-state index contributed by atoms with van der Waals surface area (Å²) in [6.07, 6.45) is 2.19. The van der Waals surface area contributed by atoms with E-state index in [2.05, 4.69) is 22.2 Å². The smallest absolute Gasteiger partial charge is 0.337 e. The Labute approximate surface area is 107 Å². The number of hydrogen-bond donors (Lipinski definition) is 2. The van der Waals surface area contributed by atoms with E-state index in [1.807, 2.05) is 0 Å². The van der Waals surface area contributed by atoms with Gasteiger partial charge < -0.3 is 15.3 Å². The predicted octanol–water partition coefficient (Wildman–Crippen LogP) is 1.59. The maximum atomic E-state index is 10.9. The molecule has 0 bridgehead atoms. The Hall–Kier alpha value is -1.62. The molecule has 0 amide bonds. The maximum Gasteiger partial charge on any atom is 0.337 e. The van der Waals surface area contributed by atoms with Crippen LogP contribution < -0.4 is 5.32 Å². The molecule has 1 aromatic heterocycles. The lowest BCUT2D eigenvalue weighted by Crippen LogP contribution is -2.36. The van der Waals surface area contributed by atoms with Crippen LogP contribution in [0.3, 0.4) is 0 Å². The van der Waals surface area contributed by atoms with Crippen LogP contribution in [0.5, 0.6) is 0 Å². The van der Waals surface area contributed by atoms with Crippen molar-refractivity contribution in [2.24, 2.45) is 0 Å². The maximum absolute atomic E-state index is 10.9. The molecule has 0 spiro atoms. The van der Waals surface area contributed by atoms with E-state index in [0.717, 1.165) is 31.7 Å². The number of carboxylic acids is 1. The van der Waals surface area contributed by atoms with Crippen molar-refractivity contribution in [3.05, 3.63) is 23.4 Å². The number of carbonyl (C=O) groups is 1. The van der Waals surface area contributed by atoms with Crippen LogP contribution in [0.25, 0.3) is 0 Å². The molecule has 1 aliphatic rings. The molecule has 2 heterocycles. The molecule has 1 saturated heterocycles.